The van der Waals surface area contributed by atoms with Crippen LogP contribution in [0.25, 0.3) is 0 Å². The molecule has 0 unspecified atom stereocenters. The first-order valence-corrected chi connectivity index (χ1v) is 9.33. The topological polar surface area (TPSA) is 12.4 Å². The number of allylic oxidation sites excluding steroid dienone is 1. The van der Waals surface area contributed by atoms with Gasteiger partial charge in [-0.2, -0.15) is 0 Å². The van der Waals surface area contributed by atoms with Crippen LogP contribution in [0.5, 0.6) is 0 Å². The fourth-order valence-corrected chi connectivity index (χ4v) is 3.26. The van der Waals surface area contributed by atoms with Crippen LogP contribution in [0.4, 0.5) is 5.69 Å². The molecule has 0 aliphatic rings. The second-order valence-corrected chi connectivity index (χ2v) is 7.07. The highest BCUT2D eigenvalue weighted by molar-refractivity contribution is 8.02. The van der Waals surface area contributed by atoms with Crippen LogP contribution < -0.4 is 0 Å². The third-order valence-corrected chi connectivity index (χ3v) is 4.66. The first-order chi connectivity index (χ1) is 12.2. The Balaban J connectivity index is 1.87. The third kappa shape index (κ3) is 5.50. The maximum Gasteiger partial charge on any atom is 0.0714 e. The summed E-state index contributed by atoms with van der Waals surface area (Å²) in [7, 11) is 0. The molecule has 3 aromatic carbocycles. The molecular formula is C21H15Cl2NS. The van der Waals surface area contributed by atoms with E-state index in [1.807, 2.05) is 90.3 Å². The number of hydrogen-bond donors (Lipinski definition) is 0. The molecule has 0 bridgehead atoms. The van der Waals surface area contributed by atoms with Crippen molar-refractivity contribution in [3.05, 3.63) is 106 Å². The van der Waals surface area contributed by atoms with Crippen molar-refractivity contribution in [3.63, 3.8) is 0 Å². The third-order valence-electron chi connectivity index (χ3n) is 3.37. The molecule has 0 radical (unpaired) electrons. The Morgan fingerprint density at radius 1 is 0.800 bits per heavy atom. The summed E-state index contributed by atoms with van der Waals surface area (Å²) < 4.78 is 0. The molecule has 0 heterocycles. The molecule has 4 heteroatoms. The second-order valence-electron chi connectivity index (χ2n) is 5.22. The summed E-state index contributed by atoms with van der Waals surface area (Å²) in [4.78, 5) is 5.84. The maximum atomic E-state index is 6.03. The molecule has 0 saturated carbocycles. The first kappa shape index (κ1) is 17.8. The van der Waals surface area contributed by atoms with Gasteiger partial charge < -0.3 is 0 Å². The Bertz CT molecular complexity index is 887. The lowest BCUT2D eigenvalue weighted by molar-refractivity contribution is 1.47. The Labute approximate surface area is 162 Å². The van der Waals surface area contributed by atoms with Gasteiger partial charge in [-0.1, -0.05) is 71.4 Å². The van der Waals surface area contributed by atoms with E-state index in [4.69, 9.17) is 28.2 Å². The van der Waals surface area contributed by atoms with E-state index >= 15 is 0 Å². The average molecular weight is 384 g/mol. The van der Waals surface area contributed by atoms with Crippen LogP contribution in [-0.2, 0) is 0 Å². The van der Waals surface area contributed by atoms with E-state index in [2.05, 4.69) is 0 Å². The molecule has 25 heavy (non-hydrogen) atoms. The van der Waals surface area contributed by atoms with E-state index in [1.165, 1.54) is 0 Å². The van der Waals surface area contributed by atoms with Crippen molar-refractivity contribution in [2.45, 2.75) is 4.90 Å². The Hall–Kier alpha value is -2.00. The summed E-state index contributed by atoms with van der Waals surface area (Å²) in [5, 5.41) is 3.46. The molecule has 0 amide bonds. The smallest absolute Gasteiger partial charge is 0.0714 e. The predicted molar refractivity (Wildman–Crippen MR) is 111 cm³/mol. The van der Waals surface area contributed by atoms with Crippen molar-refractivity contribution in [2.75, 3.05) is 0 Å². The number of halogens is 2. The van der Waals surface area contributed by atoms with Crippen LogP contribution in [-0.4, -0.2) is 5.71 Å². The second kappa shape index (κ2) is 8.91. The standard InChI is InChI=1S/C21H15Cl2NS/c22-17-11-9-16(10-12-17)21(24-19-6-2-1-3-7-19)13-14-25-20-8-4-5-18(23)15-20/h1-15H. The summed E-state index contributed by atoms with van der Waals surface area (Å²) in [6.45, 7) is 0. The highest BCUT2D eigenvalue weighted by Crippen LogP contribution is 2.23. The van der Waals surface area contributed by atoms with E-state index in [0.717, 1.165) is 26.9 Å². The molecule has 0 aliphatic carbocycles. The lowest BCUT2D eigenvalue weighted by Gasteiger charge is -2.03. The zero-order valence-electron chi connectivity index (χ0n) is 13.3. The lowest BCUT2D eigenvalue weighted by atomic mass is 10.1. The lowest BCUT2D eigenvalue weighted by Crippen LogP contribution is -1.95. The molecular weight excluding hydrogens is 369 g/mol. The maximum absolute atomic E-state index is 6.03. The average Bonchev–Trinajstić information content (AvgIpc) is 2.63. The molecule has 3 aromatic rings. The van der Waals surface area contributed by atoms with Gasteiger partial charge in [0.15, 0.2) is 0 Å². The van der Waals surface area contributed by atoms with Crippen molar-refractivity contribution in [1.82, 2.24) is 0 Å². The van der Waals surface area contributed by atoms with Gasteiger partial charge in [0.2, 0.25) is 0 Å². The van der Waals surface area contributed by atoms with Crippen LogP contribution >= 0.6 is 35.0 Å². The SMILES string of the molecule is Clc1ccc(C(C=CSc2cccc(Cl)c2)=Nc2ccccc2)cc1. The van der Waals surface area contributed by atoms with E-state index in [9.17, 15) is 0 Å². The van der Waals surface area contributed by atoms with Gasteiger partial charge in [-0.15, -0.1) is 0 Å². The van der Waals surface area contributed by atoms with Gasteiger partial charge in [-0.05, 0) is 53.9 Å². The van der Waals surface area contributed by atoms with Crippen molar-refractivity contribution in [2.24, 2.45) is 4.99 Å². The number of thioether (sulfide) groups is 1. The van der Waals surface area contributed by atoms with Crippen molar-refractivity contribution in [3.8, 4) is 0 Å². The summed E-state index contributed by atoms with van der Waals surface area (Å²) >= 11 is 13.6. The van der Waals surface area contributed by atoms with E-state index in [1.54, 1.807) is 11.8 Å². The number of hydrogen-bond acceptors (Lipinski definition) is 2. The zero-order valence-corrected chi connectivity index (χ0v) is 15.6. The number of nitrogens with zero attached hydrogens (tertiary/aromatic N) is 1. The molecule has 0 atom stereocenters. The fourth-order valence-electron chi connectivity index (χ4n) is 2.18. The minimum absolute atomic E-state index is 0.708. The minimum Gasteiger partial charge on any atom is -0.248 e. The van der Waals surface area contributed by atoms with Gasteiger partial charge in [0, 0.05) is 20.5 Å². The molecule has 0 aliphatic heterocycles. The van der Waals surface area contributed by atoms with Crippen LogP contribution in [0.1, 0.15) is 5.56 Å². The van der Waals surface area contributed by atoms with Crippen molar-refractivity contribution in [1.29, 1.82) is 0 Å². The highest BCUT2D eigenvalue weighted by atomic mass is 35.5. The van der Waals surface area contributed by atoms with Crippen molar-refractivity contribution >= 4 is 46.4 Å². The van der Waals surface area contributed by atoms with Gasteiger partial charge in [-0.3, -0.25) is 0 Å². The quantitative estimate of drug-likeness (QED) is 0.329. The van der Waals surface area contributed by atoms with Gasteiger partial charge in [0.1, 0.15) is 0 Å². The van der Waals surface area contributed by atoms with Crippen LogP contribution in [0.15, 0.2) is 100 Å². The summed E-state index contributed by atoms with van der Waals surface area (Å²) in [6.07, 6.45) is 2.00. The molecule has 1 nitrogen and oxygen atoms in total. The number of para-hydroxylation sites is 1. The largest absolute Gasteiger partial charge is 0.248 e. The monoisotopic (exact) mass is 383 g/mol. The molecule has 0 N–H and O–H groups in total. The van der Waals surface area contributed by atoms with Crippen LogP contribution in [0, 0.1) is 0 Å². The summed E-state index contributed by atoms with van der Waals surface area (Å²) in [5.41, 5.74) is 2.79. The highest BCUT2D eigenvalue weighted by Gasteiger charge is 2.01. The number of benzene rings is 3. The summed E-state index contributed by atoms with van der Waals surface area (Å²) in [6, 6.07) is 25.3. The molecule has 3 rings (SSSR count). The molecule has 0 saturated heterocycles. The minimum atomic E-state index is 0.708. The molecule has 124 valence electrons. The fraction of sp³-hybridized carbons (Fsp3) is 0. The van der Waals surface area contributed by atoms with Gasteiger partial charge >= 0.3 is 0 Å². The first-order valence-electron chi connectivity index (χ1n) is 7.69. The Morgan fingerprint density at radius 3 is 2.28 bits per heavy atom. The summed E-state index contributed by atoms with van der Waals surface area (Å²) in [5.74, 6) is 0. The van der Waals surface area contributed by atoms with E-state index in [0.29, 0.717) is 5.02 Å². The number of rotatable bonds is 5. The number of aliphatic imine (C=N–C) groups is 1. The Morgan fingerprint density at radius 2 is 1.56 bits per heavy atom. The zero-order chi connectivity index (χ0) is 17.5. The molecule has 0 fully saturated rings. The van der Waals surface area contributed by atoms with E-state index < -0.39 is 0 Å². The van der Waals surface area contributed by atoms with Crippen LogP contribution in [0.3, 0.4) is 0 Å². The van der Waals surface area contributed by atoms with Crippen LogP contribution in [0.2, 0.25) is 10.0 Å². The van der Waals surface area contributed by atoms with E-state index in [-0.39, 0.29) is 0 Å². The molecule has 0 aromatic heterocycles. The van der Waals surface area contributed by atoms with Crippen molar-refractivity contribution < 1.29 is 0 Å². The molecule has 0 spiro atoms. The Kier molecular flexibility index (Phi) is 6.35. The van der Waals surface area contributed by atoms with Gasteiger partial charge in [0.25, 0.3) is 0 Å². The normalized spacial score (nSPS) is 11.8. The van der Waals surface area contributed by atoms with Gasteiger partial charge in [-0.25, -0.2) is 4.99 Å². The predicted octanol–water partition coefficient (Wildman–Crippen LogP) is 7.42. The van der Waals surface area contributed by atoms with Gasteiger partial charge in [0.05, 0.1) is 11.4 Å².